The lowest BCUT2D eigenvalue weighted by molar-refractivity contribution is -0.114. The summed E-state index contributed by atoms with van der Waals surface area (Å²) in [5.74, 6) is -0.541. The van der Waals surface area contributed by atoms with E-state index in [1.807, 2.05) is 37.3 Å². The number of nitrogens with zero attached hydrogens (tertiary/aromatic N) is 1. The summed E-state index contributed by atoms with van der Waals surface area (Å²) >= 11 is 6.15. The molecule has 2 amide bonds. The minimum atomic E-state index is -4.18. The molecule has 0 aliphatic rings. The largest absolute Gasteiger partial charge is 0.497 e. The summed E-state index contributed by atoms with van der Waals surface area (Å²) in [7, 11) is -2.70. The van der Waals surface area contributed by atoms with Gasteiger partial charge < -0.3 is 15.4 Å². The molecule has 0 saturated carbocycles. The van der Waals surface area contributed by atoms with E-state index in [1.54, 1.807) is 42.5 Å². The van der Waals surface area contributed by atoms with E-state index in [1.165, 1.54) is 37.4 Å². The van der Waals surface area contributed by atoms with Gasteiger partial charge in [0.25, 0.3) is 15.9 Å². The van der Waals surface area contributed by atoms with Gasteiger partial charge in [0.05, 0.1) is 35.0 Å². The fourth-order valence-electron chi connectivity index (χ4n) is 4.03. The van der Waals surface area contributed by atoms with Gasteiger partial charge in [0.1, 0.15) is 12.3 Å². The number of methoxy groups -OCH3 is 1. The first-order valence-electron chi connectivity index (χ1n) is 12.4. The van der Waals surface area contributed by atoms with Gasteiger partial charge in [-0.25, -0.2) is 8.42 Å². The van der Waals surface area contributed by atoms with Crippen LogP contribution in [0.3, 0.4) is 0 Å². The van der Waals surface area contributed by atoms with Crippen molar-refractivity contribution in [1.29, 1.82) is 0 Å². The average Bonchev–Trinajstić information content (AvgIpc) is 2.96. The van der Waals surface area contributed by atoms with Crippen LogP contribution in [0, 0.1) is 0 Å². The summed E-state index contributed by atoms with van der Waals surface area (Å²) in [6.07, 6.45) is 0. The van der Waals surface area contributed by atoms with Crippen LogP contribution in [0.15, 0.2) is 108 Å². The second kappa shape index (κ2) is 12.7. The second-order valence-corrected chi connectivity index (χ2v) is 11.2. The lowest BCUT2D eigenvalue weighted by atomic mass is 10.1. The van der Waals surface area contributed by atoms with Crippen LogP contribution in [0.1, 0.15) is 28.9 Å². The molecule has 40 heavy (non-hydrogen) atoms. The smallest absolute Gasteiger partial charge is 0.264 e. The minimum Gasteiger partial charge on any atom is -0.497 e. The Hall–Kier alpha value is -4.34. The van der Waals surface area contributed by atoms with Gasteiger partial charge in [0.2, 0.25) is 5.91 Å². The Kier molecular flexibility index (Phi) is 9.08. The van der Waals surface area contributed by atoms with E-state index in [4.69, 9.17) is 16.3 Å². The van der Waals surface area contributed by atoms with Gasteiger partial charge >= 0.3 is 0 Å². The van der Waals surface area contributed by atoms with Crippen molar-refractivity contribution in [2.24, 2.45) is 0 Å². The highest BCUT2D eigenvalue weighted by Crippen LogP contribution is 2.27. The number of nitrogens with one attached hydrogen (secondary N) is 2. The predicted octanol–water partition coefficient (Wildman–Crippen LogP) is 5.67. The Balaban J connectivity index is 1.58. The molecule has 4 aromatic rings. The van der Waals surface area contributed by atoms with Crippen LogP contribution in [0.2, 0.25) is 5.02 Å². The summed E-state index contributed by atoms with van der Waals surface area (Å²) in [6.45, 7) is 1.30. The SMILES string of the molecule is COc1ccc(S(=O)(=O)N(CC(=O)Nc2ccccc2C(=O)N[C@H](C)c2ccccc2)c2cccc(Cl)c2)cc1. The quantitative estimate of drug-likeness (QED) is 0.252. The number of anilines is 2. The number of para-hydroxylation sites is 1. The molecule has 10 heteroatoms. The molecule has 0 aliphatic heterocycles. The summed E-state index contributed by atoms with van der Waals surface area (Å²) < 4.78 is 33.4. The lowest BCUT2D eigenvalue weighted by Crippen LogP contribution is -2.38. The summed E-state index contributed by atoms with van der Waals surface area (Å²) in [4.78, 5) is 26.4. The number of halogens is 1. The number of carbonyl (C=O) groups is 2. The Morgan fingerprint density at radius 2 is 1.57 bits per heavy atom. The number of hydrogen-bond donors (Lipinski definition) is 2. The zero-order valence-corrected chi connectivity index (χ0v) is 23.4. The molecule has 0 aromatic heterocycles. The highest BCUT2D eigenvalue weighted by Gasteiger charge is 2.28. The fraction of sp³-hybridized carbons (Fsp3) is 0.133. The maximum Gasteiger partial charge on any atom is 0.264 e. The molecule has 1 atom stereocenters. The lowest BCUT2D eigenvalue weighted by Gasteiger charge is -2.24. The van der Waals surface area contributed by atoms with Crippen molar-refractivity contribution in [2.45, 2.75) is 17.9 Å². The molecular formula is C30H28ClN3O5S. The van der Waals surface area contributed by atoms with Crippen LogP contribution in [0.5, 0.6) is 5.75 Å². The van der Waals surface area contributed by atoms with Crippen LogP contribution in [-0.4, -0.2) is 33.9 Å². The van der Waals surface area contributed by atoms with Crippen molar-refractivity contribution in [3.05, 3.63) is 119 Å². The zero-order valence-electron chi connectivity index (χ0n) is 21.9. The molecule has 0 aliphatic carbocycles. The van der Waals surface area contributed by atoms with Gasteiger partial charge in [-0.2, -0.15) is 0 Å². The average molecular weight is 578 g/mol. The number of sulfonamides is 1. The molecular weight excluding hydrogens is 550 g/mol. The Morgan fingerprint density at radius 1 is 0.900 bits per heavy atom. The van der Waals surface area contributed by atoms with Gasteiger partial charge in [-0.3, -0.25) is 13.9 Å². The summed E-state index contributed by atoms with van der Waals surface area (Å²) in [5, 5.41) is 5.94. The monoisotopic (exact) mass is 577 g/mol. The molecule has 0 heterocycles. The predicted molar refractivity (Wildman–Crippen MR) is 156 cm³/mol. The van der Waals surface area contributed by atoms with E-state index in [9.17, 15) is 18.0 Å². The third kappa shape index (κ3) is 6.80. The van der Waals surface area contributed by atoms with E-state index >= 15 is 0 Å². The van der Waals surface area contributed by atoms with Crippen LogP contribution >= 0.6 is 11.6 Å². The molecule has 4 aromatic carbocycles. The summed E-state index contributed by atoms with van der Waals surface area (Å²) in [5.41, 5.74) is 1.63. The number of benzene rings is 4. The van der Waals surface area contributed by atoms with Gasteiger partial charge in [-0.1, -0.05) is 60.1 Å². The van der Waals surface area contributed by atoms with Gasteiger partial charge in [0, 0.05) is 5.02 Å². The zero-order chi connectivity index (χ0) is 28.7. The van der Waals surface area contributed by atoms with Crippen LogP contribution in [-0.2, 0) is 14.8 Å². The van der Waals surface area contributed by atoms with Crippen LogP contribution < -0.4 is 19.7 Å². The standard InChI is InChI=1S/C30H28ClN3O5S/c1-21(22-9-4-3-5-10-22)32-30(36)27-13-6-7-14-28(27)33-29(35)20-34(24-12-8-11-23(31)19-24)40(37,38)26-17-15-25(39-2)16-18-26/h3-19,21H,20H2,1-2H3,(H,32,36)(H,33,35)/t21-/m1/s1. The van der Waals surface area contributed by atoms with Crippen molar-refractivity contribution < 1.29 is 22.7 Å². The maximum atomic E-state index is 13.7. The number of hydrogen-bond acceptors (Lipinski definition) is 5. The Labute approximate surface area is 238 Å². The van der Waals surface area contributed by atoms with E-state index < -0.39 is 22.5 Å². The molecule has 0 radical (unpaired) electrons. The summed E-state index contributed by atoms with van der Waals surface area (Å²) in [6, 6.07) is 27.8. The topological polar surface area (TPSA) is 105 Å². The first-order valence-corrected chi connectivity index (χ1v) is 14.2. The third-order valence-electron chi connectivity index (χ3n) is 6.12. The van der Waals surface area contributed by atoms with Crippen molar-refractivity contribution in [3.8, 4) is 5.75 Å². The molecule has 0 unspecified atom stereocenters. The highest BCUT2D eigenvalue weighted by atomic mass is 35.5. The number of amides is 2. The fourth-order valence-corrected chi connectivity index (χ4v) is 5.63. The van der Waals surface area contributed by atoms with Gasteiger partial charge in [0.15, 0.2) is 0 Å². The Morgan fingerprint density at radius 3 is 2.25 bits per heavy atom. The molecule has 0 bridgehead atoms. The number of rotatable bonds is 10. The van der Waals surface area contributed by atoms with E-state index in [0.717, 1.165) is 9.87 Å². The third-order valence-corrected chi connectivity index (χ3v) is 8.15. The van der Waals surface area contributed by atoms with Gasteiger partial charge in [-0.05, 0) is 67.1 Å². The highest BCUT2D eigenvalue weighted by molar-refractivity contribution is 7.92. The molecule has 206 valence electrons. The Bertz CT molecular complexity index is 1600. The number of ether oxygens (including phenoxy) is 1. The van der Waals surface area contributed by atoms with Crippen molar-refractivity contribution in [3.63, 3.8) is 0 Å². The van der Waals surface area contributed by atoms with Crippen LogP contribution in [0.4, 0.5) is 11.4 Å². The first kappa shape index (κ1) is 28.7. The molecule has 8 nitrogen and oxygen atoms in total. The van der Waals surface area contributed by atoms with E-state index in [-0.39, 0.29) is 33.8 Å². The molecule has 0 saturated heterocycles. The second-order valence-electron chi connectivity index (χ2n) is 8.87. The number of carbonyl (C=O) groups excluding carboxylic acids is 2. The van der Waals surface area contributed by atoms with Gasteiger partial charge in [-0.15, -0.1) is 0 Å². The van der Waals surface area contributed by atoms with E-state index in [2.05, 4.69) is 10.6 Å². The van der Waals surface area contributed by atoms with Crippen molar-refractivity contribution in [1.82, 2.24) is 5.32 Å². The van der Waals surface area contributed by atoms with E-state index in [0.29, 0.717) is 10.8 Å². The first-order chi connectivity index (χ1) is 19.2. The molecule has 0 spiro atoms. The minimum absolute atomic E-state index is 0.0317. The molecule has 0 fully saturated rings. The molecule has 4 rings (SSSR count). The van der Waals surface area contributed by atoms with Crippen LogP contribution in [0.25, 0.3) is 0 Å². The van der Waals surface area contributed by atoms with Crippen molar-refractivity contribution in [2.75, 3.05) is 23.3 Å². The molecule has 2 N–H and O–H groups in total. The normalized spacial score (nSPS) is 11.8. The maximum absolute atomic E-state index is 13.7. The van der Waals surface area contributed by atoms with Crippen molar-refractivity contribution >= 4 is 44.8 Å².